The smallest absolute Gasteiger partial charge is 0.343 e. The number of rotatable bonds is 2. The normalized spacial score (nSPS) is 19.9. The number of carbonyl (C=O) groups excluding carboxylic acids is 1. The highest BCUT2D eigenvalue weighted by molar-refractivity contribution is 5.89. The molecule has 3 N–H and O–H groups in total. The van der Waals surface area contributed by atoms with Crippen molar-refractivity contribution in [2.45, 2.75) is 38.6 Å². The van der Waals surface area contributed by atoms with Gasteiger partial charge in [0, 0.05) is 23.1 Å². The van der Waals surface area contributed by atoms with E-state index in [1.54, 1.807) is 17.6 Å². The zero-order valence-corrected chi connectivity index (χ0v) is 15.4. The molecule has 1 aromatic carbocycles. The SMILES string of the molecule is CC[C@@]1(O)C(=O)OCc2c1cc1n(c2=O)Cc2c-1nc1ccccc1c2CN. The van der Waals surface area contributed by atoms with Crippen LogP contribution in [0.1, 0.15) is 35.6 Å². The lowest BCUT2D eigenvalue weighted by Crippen LogP contribution is -2.44. The van der Waals surface area contributed by atoms with E-state index < -0.39 is 11.6 Å². The number of cyclic esters (lactones) is 1. The molecule has 7 heteroatoms. The van der Waals surface area contributed by atoms with Crippen LogP contribution in [0.15, 0.2) is 35.1 Å². The van der Waals surface area contributed by atoms with Crippen LogP contribution in [0.2, 0.25) is 0 Å². The molecule has 2 aliphatic heterocycles. The highest BCUT2D eigenvalue weighted by atomic mass is 16.6. The summed E-state index contributed by atoms with van der Waals surface area (Å²) >= 11 is 0. The van der Waals surface area contributed by atoms with Gasteiger partial charge in [0.15, 0.2) is 5.60 Å². The van der Waals surface area contributed by atoms with E-state index in [1.807, 2.05) is 24.3 Å². The van der Waals surface area contributed by atoms with Crippen LogP contribution in [-0.2, 0) is 34.8 Å². The molecule has 4 heterocycles. The van der Waals surface area contributed by atoms with E-state index in [-0.39, 0.29) is 18.6 Å². The Labute approximate surface area is 160 Å². The van der Waals surface area contributed by atoms with E-state index in [9.17, 15) is 14.7 Å². The number of benzene rings is 1. The minimum atomic E-state index is -1.82. The first-order valence-corrected chi connectivity index (χ1v) is 9.27. The van der Waals surface area contributed by atoms with Crippen LogP contribution in [0.25, 0.3) is 22.3 Å². The summed E-state index contributed by atoms with van der Waals surface area (Å²) in [6.07, 6.45) is 0.119. The summed E-state index contributed by atoms with van der Waals surface area (Å²) in [5, 5.41) is 11.9. The van der Waals surface area contributed by atoms with Crippen molar-refractivity contribution in [3.05, 3.63) is 62.9 Å². The van der Waals surface area contributed by atoms with E-state index in [0.29, 0.717) is 35.6 Å². The van der Waals surface area contributed by atoms with Gasteiger partial charge in [-0.15, -0.1) is 0 Å². The zero-order chi connectivity index (χ0) is 19.6. The van der Waals surface area contributed by atoms with Gasteiger partial charge in [-0.25, -0.2) is 9.78 Å². The molecule has 0 saturated heterocycles. The van der Waals surface area contributed by atoms with Crippen molar-refractivity contribution in [1.82, 2.24) is 9.55 Å². The lowest BCUT2D eigenvalue weighted by atomic mass is 9.86. The number of para-hydroxylation sites is 1. The van der Waals surface area contributed by atoms with Crippen LogP contribution >= 0.6 is 0 Å². The first-order valence-electron chi connectivity index (χ1n) is 9.27. The van der Waals surface area contributed by atoms with E-state index in [1.165, 1.54) is 0 Å². The van der Waals surface area contributed by atoms with Gasteiger partial charge < -0.3 is 20.1 Å². The Kier molecular flexibility index (Phi) is 3.50. The van der Waals surface area contributed by atoms with Crippen LogP contribution in [0.5, 0.6) is 0 Å². The van der Waals surface area contributed by atoms with Gasteiger partial charge in [-0.1, -0.05) is 25.1 Å². The highest BCUT2D eigenvalue weighted by Crippen LogP contribution is 2.39. The monoisotopic (exact) mass is 377 g/mol. The second kappa shape index (κ2) is 5.73. The van der Waals surface area contributed by atoms with Crippen molar-refractivity contribution < 1.29 is 14.6 Å². The molecule has 0 aliphatic carbocycles. The maximum Gasteiger partial charge on any atom is 0.343 e. The largest absolute Gasteiger partial charge is 0.458 e. The van der Waals surface area contributed by atoms with E-state index in [0.717, 1.165) is 22.0 Å². The molecule has 0 unspecified atom stereocenters. The highest BCUT2D eigenvalue weighted by Gasteiger charge is 2.45. The lowest BCUT2D eigenvalue weighted by molar-refractivity contribution is -0.172. The van der Waals surface area contributed by atoms with Crippen molar-refractivity contribution in [3.63, 3.8) is 0 Å². The number of nitrogens with two attached hydrogens (primary N) is 1. The maximum absolute atomic E-state index is 13.2. The third-order valence-electron chi connectivity index (χ3n) is 5.92. The van der Waals surface area contributed by atoms with Gasteiger partial charge in [0.25, 0.3) is 5.56 Å². The van der Waals surface area contributed by atoms with Crippen molar-refractivity contribution in [1.29, 1.82) is 0 Å². The van der Waals surface area contributed by atoms with Gasteiger partial charge in [-0.3, -0.25) is 4.79 Å². The molecule has 0 radical (unpaired) electrons. The summed E-state index contributed by atoms with van der Waals surface area (Å²) in [5.41, 5.74) is 8.54. The third kappa shape index (κ3) is 2.03. The zero-order valence-electron chi connectivity index (χ0n) is 15.4. The van der Waals surface area contributed by atoms with Crippen LogP contribution in [-0.4, -0.2) is 20.6 Å². The predicted octanol–water partition coefficient (Wildman–Crippen LogP) is 1.54. The molecule has 3 aromatic rings. The Morgan fingerprint density at radius 2 is 2.07 bits per heavy atom. The van der Waals surface area contributed by atoms with Gasteiger partial charge in [0.05, 0.1) is 29.0 Å². The van der Waals surface area contributed by atoms with Gasteiger partial charge in [-0.2, -0.15) is 0 Å². The van der Waals surface area contributed by atoms with Crippen molar-refractivity contribution in [3.8, 4) is 11.4 Å². The van der Waals surface area contributed by atoms with E-state index in [4.69, 9.17) is 15.5 Å². The number of aliphatic hydroxyl groups is 1. The van der Waals surface area contributed by atoms with Gasteiger partial charge >= 0.3 is 5.97 Å². The molecule has 0 spiro atoms. The Balaban J connectivity index is 1.84. The standard InChI is InChI=1S/C21H19N3O4/c1-2-21(27)15-7-17-18-13(9-24(17)19(25)14(15)10-28-20(21)26)12(8-22)11-5-3-4-6-16(11)23-18/h3-7,27H,2,8-10,22H2,1H3/t21-/m0/s1. The molecule has 0 bridgehead atoms. The molecule has 0 saturated carbocycles. The molecule has 142 valence electrons. The van der Waals surface area contributed by atoms with Gasteiger partial charge in [0.2, 0.25) is 0 Å². The molecular weight excluding hydrogens is 358 g/mol. The number of carbonyl (C=O) groups is 1. The average molecular weight is 377 g/mol. The number of esters is 1. The molecule has 0 fully saturated rings. The van der Waals surface area contributed by atoms with Gasteiger partial charge in [0.1, 0.15) is 6.61 Å². The molecule has 1 atom stereocenters. The lowest BCUT2D eigenvalue weighted by Gasteiger charge is -2.31. The number of hydrogen-bond donors (Lipinski definition) is 2. The summed E-state index contributed by atoms with van der Waals surface area (Å²) in [7, 11) is 0. The summed E-state index contributed by atoms with van der Waals surface area (Å²) in [6, 6.07) is 9.45. The summed E-state index contributed by atoms with van der Waals surface area (Å²) in [6.45, 7) is 2.24. The van der Waals surface area contributed by atoms with Crippen molar-refractivity contribution >= 4 is 16.9 Å². The molecule has 0 amide bonds. The summed E-state index contributed by atoms with van der Waals surface area (Å²) in [5.74, 6) is -0.723. The molecule has 2 aromatic heterocycles. The maximum atomic E-state index is 13.2. The quantitative estimate of drug-likeness (QED) is 0.513. The minimum absolute atomic E-state index is 0.119. The minimum Gasteiger partial charge on any atom is -0.458 e. The molecule has 28 heavy (non-hydrogen) atoms. The first-order chi connectivity index (χ1) is 13.5. The fourth-order valence-electron chi connectivity index (χ4n) is 4.35. The third-order valence-corrected chi connectivity index (χ3v) is 5.92. The van der Waals surface area contributed by atoms with Gasteiger partial charge in [-0.05, 0) is 24.1 Å². The topological polar surface area (TPSA) is 107 Å². The molecule has 7 nitrogen and oxygen atoms in total. The second-order valence-electron chi connectivity index (χ2n) is 7.24. The predicted molar refractivity (Wildman–Crippen MR) is 102 cm³/mol. The summed E-state index contributed by atoms with van der Waals surface area (Å²) < 4.78 is 6.73. The first kappa shape index (κ1) is 17.1. The Bertz CT molecular complexity index is 1230. The second-order valence-corrected chi connectivity index (χ2v) is 7.24. The van der Waals surface area contributed by atoms with E-state index >= 15 is 0 Å². The van der Waals surface area contributed by atoms with Crippen LogP contribution in [0.4, 0.5) is 0 Å². The Hall–Kier alpha value is -3.03. The fraction of sp³-hybridized carbons (Fsp3) is 0.286. The van der Waals surface area contributed by atoms with Crippen LogP contribution < -0.4 is 11.3 Å². The number of aromatic nitrogens is 2. The Morgan fingerprint density at radius 3 is 2.82 bits per heavy atom. The number of fused-ring (bicyclic) bond motifs is 5. The number of pyridine rings is 2. The number of ether oxygens (including phenoxy) is 1. The van der Waals surface area contributed by atoms with E-state index in [2.05, 4.69) is 0 Å². The molecule has 2 aliphatic rings. The molecular formula is C21H19N3O4. The number of nitrogens with zero attached hydrogens (tertiary/aromatic N) is 2. The number of hydrogen-bond acceptors (Lipinski definition) is 6. The molecule has 5 rings (SSSR count). The van der Waals surface area contributed by atoms with Crippen LogP contribution in [0, 0.1) is 0 Å². The fourth-order valence-corrected chi connectivity index (χ4v) is 4.35. The average Bonchev–Trinajstić information content (AvgIpc) is 3.08. The van der Waals surface area contributed by atoms with Crippen molar-refractivity contribution in [2.24, 2.45) is 5.73 Å². The van der Waals surface area contributed by atoms with Crippen molar-refractivity contribution in [2.75, 3.05) is 0 Å². The summed E-state index contributed by atoms with van der Waals surface area (Å²) in [4.78, 5) is 30.2. The van der Waals surface area contributed by atoms with Crippen LogP contribution in [0.3, 0.4) is 0 Å². The Morgan fingerprint density at radius 1 is 1.29 bits per heavy atom.